The SMILES string of the molecule is COC(=O)Cn1c(=NC(=O)CCCCCCCCC(=O)N=c2sc3c(C)cc(C)cc3n2CC(=O)OC)sc2c(C)cc(C)cc21. The second kappa shape index (κ2) is 16.1. The highest BCUT2D eigenvalue weighted by Gasteiger charge is 2.15. The molecule has 46 heavy (non-hydrogen) atoms. The van der Waals surface area contributed by atoms with Gasteiger partial charge in [0.2, 0.25) is 11.8 Å². The van der Waals surface area contributed by atoms with Gasteiger partial charge in [0.1, 0.15) is 13.1 Å². The number of amides is 2. The molecular weight excluding hydrogens is 625 g/mol. The standard InChI is InChI=1S/C34H42N4O6S2/c1-21-15-23(3)31-25(17-21)37(19-29(41)43-5)33(45-31)35-27(39)13-11-9-7-8-10-12-14-28(40)36-34-38(20-30(42)44-6)26-18-22(2)16-24(4)32(26)46-34/h15-18H,7-14,19-20H2,1-6H3. The van der Waals surface area contributed by atoms with Crippen LogP contribution in [-0.2, 0) is 41.7 Å². The number of methoxy groups -OCH3 is 2. The number of hydrogen-bond donors (Lipinski definition) is 0. The third-order valence-electron chi connectivity index (χ3n) is 7.73. The van der Waals surface area contributed by atoms with E-state index in [1.807, 2.05) is 39.8 Å². The van der Waals surface area contributed by atoms with Gasteiger partial charge in [0, 0.05) is 12.8 Å². The number of aromatic nitrogens is 2. The topological polar surface area (TPSA) is 121 Å². The van der Waals surface area contributed by atoms with Crippen molar-refractivity contribution in [3.8, 4) is 0 Å². The quantitative estimate of drug-likeness (QED) is 0.128. The Morgan fingerprint density at radius 1 is 0.609 bits per heavy atom. The average molecular weight is 667 g/mol. The van der Waals surface area contributed by atoms with Gasteiger partial charge < -0.3 is 18.6 Å². The Morgan fingerprint density at radius 3 is 1.35 bits per heavy atom. The maximum absolute atomic E-state index is 12.7. The summed E-state index contributed by atoms with van der Waals surface area (Å²) < 4.78 is 15.3. The van der Waals surface area contributed by atoms with Crippen molar-refractivity contribution >= 4 is 66.9 Å². The van der Waals surface area contributed by atoms with Gasteiger partial charge >= 0.3 is 11.9 Å². The van der Waals surface area contributed by atoms with Crippen molar-refractivity contribution in [2.45, 2.75) is 92.2 Å². The normalized spacial score (nSPS) is 12.3. The van der Waals surface area contributed by atoms with Gasteiger partial charge in [-0.05, 0) is 74.9 Å². The van der Waals surface area contributed by atoms with Crippen LogP contribution in [0.5, 0.6) is 0 Å². The first-order valence-corrected chi connectivity index (χ1v) is 17.1. The molecule has 0 aliphatic carbocycles. The van der Waals surface area contributed by atoms with Gasteiger partial charge in [0.25, 0.3) is 0 Å². The highest BCUT2D eigenvalue weighted by molar-refractivity contribution is 7.17. The van der Waals surface area contributed by atoms with Crippen molar-refractivity contribution in [2.75, 3.05) is 14.2 Å². The fourth-order valence-corrected chi connectivity index (χ4v) is 7.67. The minimum Gasteiger partial charge on any atom is -0.468 e. The first-order chi connectivity index (χ1) is 22.0. The minimum absolute atomic E-state index is 0.00175. The lowest BCUT2D eigenvalue weighted by Crippen LogP contribution is -2.22. The number of carbonyl (C=O) groups excluding carboxylic acids is 4. The molecule has 0 N–H and O–H groups in total. The Bertz CT molecular complexity index is 1770. The number of hydrogen-bond acceptors (Lipinski definition) is 8. The zero-order valence-corrected chi connectivity index (χ0v) is 29.1. The summed E-state index contributed by atoms with van der Waals surface area (Å²) in [4.78, 5) is 59.4. The van der Waals surface area contributed by atoms with E-state index in [9.17, 15) is 19.2 Å². The van der Waals surface area contributed by atoms with Crippen LogP contribution in [-0.4, -0.2) is 47.1 Å². The van der Waals surface area contributed by atoms with Crippen LogP contribution < -0.4 is 9.60 Å². The van der Waals surface area contributed by atoms with Crippen molar-refractivity contribution < 1.29 is 28.7 Å². The van der Waals surface area contributed by atoms with Gasteiger partial charge in [-0.25, -0.2) is 0 Å². The van der Waals surface area contributed by atoms with Gasteiger partial charge in [0.15, 0.2) is 9.60 Å². The molecule has 4 rings (SSSR count). The maximum atomic E-state index is 12.7. The summed E-state index contributed by atoms with van der Waals surface area (Å²) in [6, 6.07) is 8.15. The van der Waals surface area contributed by atoms with Crippen LogP contribution in [0.25, 0.3) is 20.4 Å². The largest absolute Gasteiger partial charge is 0.468 e. The zero-order chi connectivity index (χ0) is 33.4. The Morgan fingerprint density at radius 2 is 0.978 bits per heavy atom. The van der Waals surface area contributed by atoms with E-state index in [4.69, 9.17) is 9.47 Å². The number of ether oxygens (including phenoxy) is 2. The Kier molecular flexibility index (Phi) is 12.2. The average Bonchev–Trinajstić information content (AvgIpc) is 3.51. The highest BCUT2D eigenvalue weighted by atomic mass is 32.1. The lowest BCUT2D eigenvalue weighted by Gasteiger charge is -2.05. The summed E-state index contributed by atoms with van der Waals surface area (Å²) in [5.74, 6) is -1.20. The van der Waals surface area contributed by atoms with Gasteiger partial charge in [-0.1, -0.05) is 60.5 Å². The molecule has 0 unspecified atom stereocenters. The third kappa shape index (κ3) is 8.88. The van der Waals surface area contributed by atoms with E-state index in [1.165, 1.54) is 36.9 Å². The second-order valence-corrected chi connectivity index (χ2v) is 13.5. The van der Waals surface area contributed by atoms with Crippen LogP contribution in [0.3, 0.4) is 0 Å². The number of nitrogens with zero attached hydrogens (tertiary/aromatic N) is 4. The number of thiazole rings is 2. The molecule has 0 aliphatic rings. The molecule has 2 aromatic heterocycles. The Balaban J connectivity index is 1.27. The highest BCUT2D eigenvalue weighted by Crippen LogP contribution is 2.25. The van der Waals surface area contributed by atoms with Crippen molar-refractivity contribution in [3.05, 3.63) is 56.1 Å². The molecule has 0 spiro atoms. The number of unbranched alkanes of at least 4 members (excludes halogenated alkanes) is 5. The first-order valence-electron chi connectivity index (χ1n) is 15.5. The van der Waals surface area contributed by atoms with Crippen molar-refractivity contribution in [3.63, 3.8) is 0 Å². The first kappa shape index (κ1) is 35.0. The molecule has 2 aromatic carbocycles. The number of carbonyl (C=O) groups is 4. The number of fused-ring (bicyclic) bond motifs is 2. The summed E-state index contributed by atoms with van der Waals surface area (Å²) >= 11 is 2.83. The maximum Gasteiger partial charge on any atom is 0.325 e. The lowest BCUT2D eigenvalue weighted by atomic mass is 10.1. The van der Waals surface area contributed by atoms with E-state index in [0.717, 1.165) is 81.2 Å². The van der Waals surface area contributed by atoms with E-state index < -0.39 is 11.9 Å². The number of rotatable bonds is 13. The molecule has 2 amide bonds. The summed E-state index contributed by atoms with van der Waals surface area (Å²) in [7, 11) is 2.70. The Hall–Kier alpha value is -3.90. The van der Waals surface area contributed by atoms with Gasteiger partial charge in [-0.2, -0.15) is 9.98 Å². The summed E-state index contributed by atoms with van der Waals surface area (Å²) in [5.41, 5.74) is 6.05. The van der Waals surface area contributed by atoms with Crippen LogP contribution in [0, 0.1) is 27.7 Å². The van der Waals surface area contributed by atoms with E-state index in [1.54, 1.807) is 9.13 Å². The predicted octanol–water partition coefficient (Wildman–Crippen LogP) is 5.97. The molecule has 0 saturated carbocycles. The predicted molar refractivity (Wildman–Crippen MR) is 181 cm³/mol. The fourth-order valence-electron chi connectivity index (χ4n) is 5.47. The zero-order valence-electron chi connectivity index (χ0n) is 27.4. The van der Waals surface area contributed by atoms with E-state index in [2.05, 4.69) is 22.1 Å². The minimum atomic E-state index is -0.393. The summed E-state index contributed by atoms with van der Waals surface area (Å²) in [5, 5.41) is 0. The van der Waals surface area contributed by atoms with Crippen LogP contribution >= 0.6 is 22.7 Å². The van der Waals surface area contributed by atoms with Crippen molar-refractivity contribution in [1.29, 1.82) is 0 Å². The number of aryl methyl sites for hydroxylation is 4. The smallest absolute Gasteiger partial charge is 0.325 e. The van der Waals surface area contributed by atoms with Crippen LogP contribution in [0.4, 0.5) is 0 Å². The molecule has 0 bridgehead atoms. The second-order valence-electron chi connectivity index (χ2n) is 11.6. The molecule has 246 valence electrons. The molecule has 0 fully saturated rings. The Labute approximate surface area is 276 Å². The van der Waals surface area contributed by atoms with Crippen molar-refractivity contribution in [2.24, 2.45) is 9.98 Å². The molecular formula is C34H42N4O6S2. The molecule has 0 radical (unpaired) electrons. The molecule has 2 heterocycles. The monoisotopic (exact) mass is 666 g/mol. The molecule has 0 atom stereocenters. The van der Waals surface area contributed by atoms with Gasteiger partial charge in [-0.3, -0.25) is 19.2 Å². The number of benzene rings is 2. The summed E-state index contributed by atoms with van der Waals surface area (Å²) in [6.07, 6.45) is 5.81. The van der Waals surface area contributed by atoms with Crippen LogP contribution in [0.1, 0.15) is 73.6 Å². The lowest BCUT2D eigenvalue weighted by molar-refractivity contribution is -0.142. The van der Waals surface area contributed by atoms with Crippen LogP contribution in [0.15, 0.2) is 34.3 Å². The molecule has 4 aromatic rings. The van der Waals surface area contributed by atoms with Crippen LogP contribution in [0.2, 0.25) is 0 Å². The van der Waals surface area contributed by atoms with Gasteiger partial charge in [0.05, 0.1) is 34.7 Å². The fraction of sp³-hybridized carbons (Fsp3) is 0.471. The van der Waals surface area contributed by atoms with E-state index >= 15 is 0 Å². The molecule has 0 aliphatic heterocycles. The molecule has 0 saturated heterocycles. The van der Waals surface area contributed by atoms with Gasteiger partial charge in [-0.15, -0.1) is 0 Å². The van der Waals surface area contributed by atoms with E-state index in [-0.39, 0.29) is 24.9 Å². The number of esters is 2. The summed E-state index contributed by atoms with van der Waals surface area (Å²) in [6.45, 7) is 8.02. The van der Waals surface area contributed by atoms with Crippen molar-refractivity contribution in [1.82, 2.24) is 9.13 Å². The molecule has 12 heteroatoms. The van der Waals surface area contributed by atoms with E-state index in [0.29, 0.717) is 22.4 Å². The third-order valence-corrected chi connectivity index (χ3v) is 10.2. The molecule has 10 nitrogen and oxygen atoms in total.